The van der Waals surface area contributed by atoms with Crippen molar-refractivity contribution in [3.05, 3.63) is 40.4 Å². The average molecular weight is 430 g/mol. The third-order valence-electron chi connectivity index (χ3n) is 2.60. The van der Waals surface area contributed by atoms with Gasteiger partial charge in [-0.05, 0) is 53.3 Å². The first-order valence-electron chi connectivity index (χ1n) is 6.97. The largest absolute Gasteiger partial charge is 0.496 e. The Hall–Kier alpha value is -2.46. The highest BCUT2D eigenvalue weighted by Crippen LogP contribution is 2.25. The van der Waals surface area contributed by atoms with E-state index >= 15 is 0 Å². The van der Waals surface area contributed by atoms with E-state index in [9.17, 15) is 14.4 Å². The fourth-order valence-corrected chi connectivity index (χ4v) is 2.20. The molecule has 0 atom stereocenters. The molecule has 0 radical (unpaired) electrons. The van der Waals surface area contributed by atoms with E-state index in [2.05, 4.69) is 36.8 Å². The second-order valence-electron chi connectivity index (χ2n) is 4.33. The Morgan fingerprint density at radius 2 is 1.96 bits per heavy atom. The summed E-state index contributed by atoms with van der Waals surface area (Å²) < 4.78 is 10.3. The number of rotatable bonds is 5. The molecule has 2 amide bonds. The SMILES string of the molecule is CCOC(=O)/C=C/C(=O)NC(=S)NNC(=O)c1ccc(OC)c(Br)c1. The number of esters is 1. The highest BCUT2D eigenvalue weighted by molar-refractivity contribution is 9.10. The number of hydrazine groups is 1. The number of benzene rings is 1. The Morgan fingerprint density at radius 1 is 1.24 bits per heavy atom. The number of carbonyl (C=O) groups excluding carboxylic acids is 3. The number of hydrogen-bond acceptors (Lipinski definition) is 6. The summed E-state index contributed by atoms with van der Waals surface area (Å²) in [5, 5.41) is 2.12. The first-order valence-corrected chi connectivity index (χ1v) is 8.17. The van der Waals surface area contributed by atoms with E-state index in [1.54, 1.807) is 25.1 Å². The lowest BCUT2D eigenvalue weighted by atomic mass is 10.2. The minimum Gasteiger partial charge on any atom is -0.496 e. The van der Waals surface area contributed by atoms with Crippen LogP contribution in [-0.4, -0.2) is 36.6 Å². The highest BCUT2D eigenvalue weighted by Gasteiger charge is 2.09. The maximum atomic E-state index is 12.0. The van der Waals surface area contributed by atoms with E-state index in [4.69, 9.17) is 17.0 Å². The van der Waals surface area contributed by atoms with Crippen LogP contribution in [0.4, 0.5) is 0 Å². The van der Waals surface area contributed by atoms with Crippen molar-refractivity contribution >= 4 is 51.0 Å². The summed E-state index contributed by atoms with van der Waals surface area (Å²) in [6, 6.07) is 4.75. The molecule has 0 aliphatic rings. The number of carbonyl (C=O) groups is 3. The Morgan fingerprint density at radius 3 is 2.56 bits per heavy atom. The zero-order chi connectivity index (χ0) is 18.8. The number of methoxy groups -OCH3 is 1. The molecule has 1 rings (SSSR count). The summed E-state index contributed by atoms with van der Waals surface area (Å²) in [5.41, 5.74) is 5.05. The molecule has 0 aromatic heterocycles. The van der Waals surface area contributed by atoms with Gasteiger partial charge in [0.25, 0.3) is 5.91 Å². The molecule has 8 nitrogen and oxygen atoms in total. The Balaban J connectivity index is 2.48. The molecule has 0 saturated heterocycles. The first kappa shape index (κ1) is 20.6. The van der Waals surface area contributed by atoms with Gasteiger partial charge in [0.2, 0.25) is 5.91 Å². The van der Waals surface area contributed by atoms with Crippen LogP contribution >= 0.6 is 28.1 Å². The standard InChI is InChI=1S/C15H16BrN3O5S/c1-3-24-13(21)7-6-12(20)17-15(25)19-18-14(22)9-4-5-11(23-2)10(16)8-9/h4-8H,3H2,1-2H3,(H,18,22)(H2,17,19,20,25)/b7-6+. The molecular weight excluding hydrogens is 414 g/mol. The Labute approximate surface area is 158 Å². The van der Waals surface area contributed by atoms with Crippen LogP contribution in [0, 0.1) is 0 Å². The first-order chi connectivity index (χ1) is 11.9. The molecular formula is C15H16BrN3O5S. The van der Waals surface area contributed by atoms with Gasteiger partial charge in [-0.2, -0.15) is 0 Å². The molecule has 10 heteroatoms. The predicted molar refractivity (Wildman–Crippen MR) is 97.8 cm³/mol. The smallest absolute Gasteiger partial charge is 0.330 e. The summed E-state index contributed by atoms with van der Waals surface area (Å²) in [7, 11) is 1.51. The number of thiocarbonyl (C=S) groups is 1. The predicted octanol–water partition coefficient (Wildman–Crippen LogP) is 1.21. The Kier molecular flexibility index (Phi) is 8.57. The van der Waals surface area contributed by atoms with E-state index in [0.717, 1.165) is 12.2 Å². The van der Waals surface area contributed by atoms with Crippen molar-refractivity contribution in [1.82, 2.24) is 16.2 Å². The van der Waals surface area contributed by atoms with Crippen molar-refractivity contribution in [2.75, 3.05) is 13.7 Å². The van der Waals surface area contributed by atoms with E-state index < -0.39 is 17.8 Å². The van der Waals surface area contributed by atoms with E-state index in [1.807, 2.05) is 0 Å². The van der Waals surface area contributed by atoms with Crippen LogP contribution in [0.25, 0.3) is 0 Å². The second-order valence-corrected chi connectivity index (χ2v) is 5.59. The lowest BCUT2D eigenvalue weighted by molar-refractivity contribution is -0.137. The van der Waals surface area contributed by atoms with Gasteiger partial charge in [-0.3, -0.25) is 25.8 Å². The van der Waals surface area contributed by atoms with Gasteiger partial charge in [0.15, 0.2) is 5.11 Å². The number of halogens is 1. The van der Waals surface area contributed by atoms with Crippen LogP contribution in [0.2, 0.25) is 0 Å². The summed E-state index contributed by atoms with van der Waals surface area (Å²) in [6.07, 6.45) is 1.93. The molecule has 0 bridgehead atoms. The highest BCUT2D eigenvalue weighted by atomic mass is 79.9. The summed E-state index contributed by atoms with van der Waals surface area (Å²) in [4.78, 5) is 34.6. The van der Waals surface area contributed by atoms with Crippen molar-refractivity contribution in [3.63, 3.8) is 0 Å². The van der Waals surface area contributed by atoms with E-state index in [1.165, 1.54) is 7.11 Å². The lowest BCUT2D eigenvalue weighted by Gasteiger charge is -2.10. The fraction of sp³-hybridized carbons (Fsp3) is 0.200. The molecule has 0 aliphatic carbocycles. The van der Waals surface area contributed by atoms with Crippen LogP contribution in [-0.2, 0) is 14.3 Å². The van der Waals surface area contributed by atoms with Crippen LogP contribution in [0.3, 0.4) is 0 Å². The van der Waals surface area contributed by atoms with Gasteiger partial charge >= 0.3 is 5.97 Å². The summed E-state index contributed by atoms with van der Waals surface area (Å²) >= 11 is 8.13. The fourth-order valence-electron chi connectivity index (χ4n) is 1.51. The van der Waals surface area contributed by atoms with E-state index in [-0.39, 0.29) is 11.7 Å². The molecule has 25 heavy (non-hydrogen) atoms. The monoisotopic (exact) mass is 429 g/mol. The van der Waals surface area contributed by atoms with Gasteiger partial charge in [0.05, 0.1) is 18.2 Å². The minimum absolute atomic E-state index is 0.139. The number of amides is 2. The maximum Gasteiger partial charge on any atom is 0.330 e. The molecule has 0 spiro atoms. The molecule has 1 aromatic carbocycles. The topological polar surface area (TPSA) is 106 Å². The van der Waals surface area contributed by atoms with Crippen molar-refractivity contribution in [3.8, 4) is 5.75 Å². The van der Waals surface area contributed by atoms with Crippen molar-refractivity contribution in [2.24, 2.45) is 0 Å². The van der Waals surface area contributed by atoms with Gasteiger partial charge in [0.1, 0.15) is 5.75 Å². The van der Waals surface area contributed by atoms with Gasteiger partial charge in [-0.1, -0.05) is 0 Å². The quantitative estimate of drug-likeness (QED) is 0.279. The van der Waals surface area contributed by atoms with Gasteiger partial charge in [-0.25, -0.2) is 4.79 Å². The molecule has 3 N–H and O–H groups in total. The van der Waals surface area contributed by atoms with Crippen molar-refractivity contribution in [1.29, 1.82) is 0 Å². The minimum atomic E-state index is -0.646. The molecule has 0 unspecified atom stereocenters. The van der Waals surface area contributed by atoms with Crippen molar-refractivity contribution < 1.29 is 23.9 Å². The van der Waals surface area contributed by atoms with Crippen LogP contribution in [0.1, 0.15) is 17.3 Å². The van der Waals surface area contributed by atoms with Gasteiger partial charge < -0.3 is 9.47 Å². The third-order valence-corrected chi connectivity index (χ3v) is 3.42. The third kappa shape index (κ3) is 7.31. The van der Waals surface area contributed by atoms with Gasteiger partial charge in [-0.15, -0.1) is 0 Å². The van der Waals surface area contributed by atoms with E-state index in [0.29, 0.717) is 15.8 Å². The second kappa shape index (κ2) is 10.4. The molecule has 0 heterocycles. The van der Waals surface area contributed by atoms with Crippen molar-refractivity contribution in [2.45, 2.75) is 6.92 Å². The zero-order valence-corrected chi connectivity index (χ0v) is 15.8. The molecule has 0 saturated carbocycles. The van der Waals surface area contributed by atoms with Crippen LogP contribution in [0.15, 0.2) is 34.8 Å². The van der Waals surface area contributed by atoms with Crippen LogP contribution < -0.4 is 20.9 Å². The molecule has 134 valence electrons. The van der Waals surface area contributed by atoms with Crippen LogP contribution in [0.5, 0.6) is 5.75 Å². The molecule has 1 aromatic rings. The summed E-state index contributed by atoms with van der Waals surface area (Å²) in [6.45, 7) is 1.85. The number of hydrogen-bond donors (Lipinski definition) is 3. The summed E-state index contributed by atoms with van der Waals surface area (Å²) in [5.74, 6) is -1.18. The molecule has 0 fully saturated rings. The number of ether oxygens (including phenoxy) is 2. The Bertz CT molecular complexity index is 708. The normalized spacial score (nSPS) is 10.0. The number of nitrogens with one attached hydrogen (secondary N) is 3. The average Bonchev–Trinajstić information content (AvgIpc) is 2.58. The maximum absolute atomic E-state index is 12.0. The zero-order valence-electron chi connectivity index (χ0n) is 13.4. The molecule has 0 aliphatic heterocycles. The lowest BCUT2D eigenvalue weighted by Crippen LogP contribution is -2.48. The van der Waals surface area contributed by atoms with Gasteiger partial charge in [0, 0.05) is 17.7 Å².